The van der Waals surface area contributed by atoms with Crippen LogP contribution >= 0.6 is 0 Å². The Balaban J connectivity index is 2.19. The summed E-state index contributed by atoms with van der Waals surface area (Å²) in [4.78, 5) is 15.4. The first kappa shape index (κ1) is 13.7. The molecular weight excluding hydrogens is 276 g/mol. The molecule has 3 rings (SSSR count). The minimum atomic E-state index is -0.997. The highest BCUT2D eigenvalue weighted by molar-refractivity contribution is 5.82. The fraction of sp³-hybridized carbons (Fsp3) is 0.429. The minimum absolute atomic E-state index is 0.267. The number of ether oxygens (including phenoxy) is 2. The van der Waals surface area contributed by atoms with Gasteiger partial charge >= 0.3 is 5.97 Å². The number of aliphatic hydroxyl groups excluding tert-OH is 1. The third kappa shape index (κ3) is 2.52. The van der Waals surface area contributed by atoms with Crippen molar-refractivity contribution < 1.29 is 24.5 Å². The second kappa shape index (κ2) is 5.25. The number of nitrogens with zero attached hydrogens (tertiary/aromatic N) is 2. The van der Waals surface area contributed by atoms with Crippen LogP contribution in [0.1, 0.15) is 25.3 Å². The molecule has 0 amide bonds. The molecule has 1 atom stereocenters. The molecule has 1 aromatic carbocycles. The SMILES string of the molecule is C[C@H](O)c1nc2cc3c(cc2n1CC(=O)O)OCCCO3. The lowest BCUT2D eigenvalue weighted by atomic mass is 10.2. The van der Waals surface area contributed by atoms with Crippen molar-refractivity contribution in [2.24, 2.45) is 0 Å². The van der Waals surface area contributed by atoms with Crippen LogP contribution in [-0.4, -0.2) is 38.9 Å². The number of rotatable bonds is 3. The smallest absolute Gasteiger partial charge is 0.323 e. The molecule has 0 saturated heterocycles. The molecule has 7 heteroatoms. The molecule has 1 aliphatic heterocycles. The van der Waals surface area contributed by atoms with Crippen LogP contribution < -0.4 is 9.47 Å². The molecule has 0 fully saturated rings. The number of aliphatic carboxylic acids is 1. The van der Waals surface area contributed by atoms with Gasteiger partial charge in [-0.1, -0.05) is 0 Å². The zero-order valence-electron chi connectivity index (χ0n) is 11.6. The lowest BCUT2D eigenvalue weighted by Gasteiger charge is -2.10. The normalized spacial score (nSPS) is 15.7. The molecule has 1 aromatic heterocycles. The highest BCUT2D eigenvalue weighted by atomic mass is 16.5. The van der Waals surface area contributed by atoms with E-state index in [1.807, 2.05) is 0 Å². The molecule has 0 aliphatic carbocycles. The second-order valence-electron chi connectivity index (χ2n) is 4.96. The van der Waals surface area contributed by atoms with E-state index in [1.165, 1.54) is 4.57 Å². The molecule has 2 heterocycles. The van der Waals surface area contributed by atoms with Crippen molar-refractivity contribution in [1.82, 2.24) is 9.55 Å². The van der Waals surface area contributed by atoms with Gasteiger partial charge in [0.1, 0.15) is 18.5 Å². The second-order valence-corrected chi connectivity index (χ2v) is 4.96. The first-order valence-electron chi connectivity index (χ1n) is 6.76. The molecule has 0 unspecified atom stereocenters. The van der Waals surface area contributed by atoms with Crippen molar-refractivity contribution in [3.05, 3.63) is 18.0 Å². The van der Waals surface area contributed by atoms with Crippen molar-refractivity contribution in [2.75, 3.05) is 13.2 Å². The summed E-state index contributed by atoms with van der Waals surface area (Å²) in [5.41, 5.74) is 1.19. The Morgan fingerprint density at radius 1 is 1.38 bits per heavy atom. The maximum atomic E-state index is 11.0. The number of imidazole rings is 1. The Morgan fingerprint density at radius 2 is 2.05 bits per heavy atom. The fourth-order valence-electron chi connectivity index (χ4n) is 2.42. The molecule has 112 valence electrons. The summed E-state index contributed by atoms with van der Waals surface area (Å²) in [6.45, 7) is 2.40. The van der Waals surface area contributed by atoms with Gasteiger partial charge in [0.25, 0.3) is 0 Å². The van der Waals surface area contributed by atoms with Crippen molar-refractivity contribution in [3.63, 3.8) is 0 Å². The number of carboxylic acids is 1. The Bertz CT molecular complexity index is 692. The zero-order valence-corrected chi connectivity index (χ0v) is 11.6. The van der Waals surface area contributed by atoms with Crippen molar-refractivity contribution >= 4 is 17.0 Å². The monoisotopic (exact) mass is 292 g/mol. The lowest BCUT2D eigenvalue weighted by molar-refractivity contribution is -0.137. The average Bonchev–Trinajstić information content (AvgIpc) is 2.61. The van der Waals surface area contributed by atoms with Gasteiger partial charge in [0.15, 0.2) is 11.5 Å². The first-order valence-corrected chi connectivity index (χ1v) is 6.76. The van der Waals surface area contributed by atoms with E-state index in [4.69, 9.17) is 14.6 Å². The molecule has 0 radical (unpaired) electrons. The molecule has 1 aliphatic rings. The van der Waals surface area contributed by atoms with Crippen LogP contribution in [0.25, 0.3) is 11.0 Å². The van der Waals surface area contributed by atoms with E-state index >= 15 is 0 Å². The van der Waals surface area contributed by atoms with Crippen LogP contribution in [0.3, 0.4) is 0 Å². The van der Waals surface area contributed by atoms with E-state index in [0.29, 0.717) is 41.6 Å². The van der Waals surface area contributed by atoms with Gasteiger partial charge in [-0.2, -0.15) is 0 Å². The van der Waals surface area contributed by atoms with E-state index in [2.05, 4.69) is 4.98 Å². The minimum Gasteiger partial charge on any atom is -0.489 e. The van der Waals surface area contributed by atoms with Gasteiger partial charge in [-0.05, 0) is 6.92 Å². The largest absolute Gasteiger partial charge is 0.489 e. The lowest BCUT2D eigenvalue weighted by Crippen LogP contribution is -2.13. The summed E-state index contributed by atoms with van der Waals surface area (Å²) >= 11 is 0. The van der Waals surface area contributed by atoms with Gasteiger partial charge in [0.2, 0.25) is 0 Å². The molecule has 7 nitrogen and oxygen atoms in total. The molecule has 0 bridgehead atoms. The molecule has 0 saturated carbocycles. The predicted molar refractivity (Wildman–Crippen MR) is 73.6 cm³/mol. The maximum Gasteiger partial charge on any atom is 0.323 e. The summed E-state index contributed by atoms with van der Waals surface area (Å²) in [5.74, 6) is 0.483. The number of hydrogen-bond acceptors (Lipinski definition) is 5. The van der Waals surface area contributed by atoms with Crippen molar-refractivity contribution in [2.45, 2.75) is 26.0 Å². The molecule has 2 N–H and O–H groups in total. The van der Waals surface area contributed by atoms with E-state index in [0.717, 1.165) is 6.42 Å². The zero-order chi connectivity index (χ0) is 15.0. The quantitative estimate of drug-likeness (QED) is 0.886. The topological polar surface area (TPSA) is 93.8 Å². The van der Waals surface area contributed by atoms with E-state index < -0.39 is 12.1 Å². The van der Waals surface area contributed by atoms with Crippen LogP contribution in [0.5, 0.6) is 11.5 Å². The van der Waals surface area contributed by atoms with Crippen LogP contribution in [0.15, 0.2) is 12.1 Å². The standard InChI is InChI=1S/C14H16N2O5/c1-8(17)14-15-9-5-11-12(21-4-2-3-20-11)6-10(9)16(14)7-13(18)19/h5-6,8,17H,2-4,7H2,1H3,(H,18,19)/t8-/m0/s1. The number of hydrogen-bond donors (Lipinski definition) is 2. The van der Waals surface area contributed by atoms with Gasteiger partial charge in [-0.3, -0.25) is 4.79 Å². The Morgan fingerprint density at radius 3 is 2.67 bits per heavy atom. The highest BCUT2D eigenvalue weighted by Crippen LogP contribution is 2.35. The van der Waals surface area contributed by atoms with Crippen LogP contribution in [-0.2, 0) is 11.3 Å². The van der Waals surface area contributed by atoms with Gasteiger partial charge in [0.05, 0.1) is 24.2 Å². The summed E-state index contributed by atoms with van der Waals surface area (Å²) in [6.07, 6.45) is -0.0706. The highest BCUT2D eigenvalue weighted by Gasteiger charge is 2.20. The summed E-state index contributed by atoms with van der Waals surface area (Å²) in [6, 6.07) is 3.44. The van der Waals surface area contributed by atoms with E-state index in [1.54, 1.807) is 19.1 Å². The Labute approximate surface area is 120 Å². The summed E-state index contributed by atoms with van der Waals surface area (Å²) < 4.78 is 12.7. The van der Waals surface area contributed by atoms with Gasteiger partial charge in [0, 0.05) is 18.6 Å². The molecular formula is C14H16N2O5. The van der Waals surface area contributed by atoms with Crippen LogP contribution in [0, 0.1) is 0 Å². The number of carboxylic acid groups (broad SMARTS) is 1. The molecule has 0 spiro atoms. The molecule has 2 aromatic rings. The fourth-order valence-corrected chi connectivity index (χ4v) is 2.42. The van der Waals surface area contributed by atoms with Crippen LogP contribution in [0.2, 0.25) is 0 Å². The van der Waals surface area contributed by atoms with Gasteiger partial charge in [-0.15, -0.1) is 0 Å². The number of aliphatic hydroxyl groups is 1. The first-order chi connectivity index (χ1) is 10.1. The predicted octanol–water partition coefficient (Wildman–Crippen LogP) is 1.34. The summed E-state index contributed by atoms with van der Waals surface area (Å²) in [7, 11) is 0. The number of fused-ring (bicyclic) bond motifs is 2. The van der Waals surface area contributed by atoms with E-state index in [9.17, 15) is 9.90 Å². The third-order valence-electron chi connectivity index (χ3n) is 3.31. The van der Waals surface area contributed by atoms with Crippen molar-refractivity contribution in [3.8, 4) is 11.5 Å². The Hall–Kier alpha value is -2.28. The van der Waals surface area contributed by atoms with Gasteiger partial charge in [-0.25, -0.2) is 4.98 Å². The van der Waals surface area contributed by atoms with E-state index in [-0.39, 0.29) is 6.54 Å². The van der Waals surface area contributed by atoms with Crippen molar-refractivity contribution in [1.29, 1.82) is 0 Å². The van der Waals surface area contributed by atoms with Gasteiger partial charge < -0.3 is 24.3 Å². The third-order valence-corrected chi connectivity index (χ3v) is 3.31. The average molecular weight is 292 g/mol. The molecule has 21 heavy (non-hydrogen) atoms. The number of aromatic nitrogens is 2. The maximum absolute atomic E-state index is 11.0. The number of carbonyl (C=O) groups is 1. The van der Waals surface area contributed by atoms with Crippen LogP contribution in [0.4, 0.5) is 0 Å². The Kier molecular flexibility index (Phi) is 3.42. The summed E-state index contributed by atoms with van der Waals surface area (Å²) in [5, 5.41) is 18.8. The number of benzene rings is 1.